The third-order valence-electron chi connectivity index (χ3n) is 3.24. The van der Waals surface area contributed by atoms with Gasteiger partial charge in [-0.1, -0.05) is 0 Å². The average Bonchev–Trinajstić information content (AvgIpc) is 2.32. The van der Waals surface area contributed by atoms with E-state index in [9.17, 15) is 9.59 Å². The van der Waals surface area contributed by atoms with Gasteiger partial charge in [-0.3, -0.25) is 0 Å². The number of likely N-dealkylation sites (tertiary alicyclic amines) is 1. The predicted molar refractivity (Wildman–Crippen MR) is 70.3 cm³/mol. The van der Waals surface area contributed by atoms with E-state index in [0.717, 1.165) is 0 Å². The van der Waals surface area contributed by atoms with E-state index in [-0.39, 0.29) is 6.09 Å². The van der Waals surface area contributed by atoms with Crippen LogP contribution in [0.5, 0.6) is 0 Å². The van der Waals surface area contributed by atoms with Gasteiger partial charge in [0.25, 0.3) is 0 Å². The first kappa shape index (κ1) is 15.1. The van der Waals surface area contributed by atoms with Crippen LogP contribution in [0.3, 0.4) is 0 Å². The van der Waals surface area contributed by atoms with Gasteiger partial charge in [0.2, 0.25) is 0 Å². The van der Waals surface area contributed by atoms with Gasteiger partial charge in [-0.05, 0) is 20.8 Å². The SMILES string of the molecule is COC(=O)C1CNCC2(CN(C(=O)OC(C)(C)C)C2)O1. The second kappa shape index (κ2) is 5.21. The number of hydrogen-bond donors (Lipinski definition) is 1. The lowest BCUT2D eigenvalue weighted by Gasteiger charge is -2.52. The highest BCUT2D eigenvalue weighted by Gasteiger charge is 2.51. The summed E-state index contributed by atoms with van der Waals surface area (Å²) in [7, 11) is 1.33. The zero-order valence-electron chi connectivity index (χ0n) is 12.4. The van der Waals surface area contributed by atoms with Crippen molar-refractivity contribution < 1.29 is 23.8 Å². The van der Waals surface area contributed by atoms with Crippen LogP contribution in [-0.2, 0) is 19.0 Å². The summed E-state index contributed by atoms with van der Waals surface area (Å²) in [5.74, 6) is -0.396. The molecular weight excluding hydrogens is 264 g/mol. The highest BCUT2D eigenvalue weighted by molar-refractivity contribution is 5.75. The minimum Gasteiger partial charge on any atom is -0.467 e. The molecule has 0 aromatic heterocycles. The van der Waals surface area contributed by atoms with E-state index in [1.807, 2.05) is 20.8 Å². The van der Waals surface area contributed by atoms with Gasteiger partial charge in [0.15, 0.2) is 6.10 Å². The quantitative estimate of drug-likeness (QED) is 0.691. The maximum atomic E-state index is 11.9. The number of carbonyl (C=O) groups excluding carboxylic acids is 2. The number of rotatable bonds is 1. The lowest BCUT2D eigenvalue weighted by atomic mass is 9.92. The van der Waals surface area contributed by atoms with Gasteiger partial charge >= 0.3 is 12.1 Å². The van der Waals surface area contributed by atoms with Crippen molar-refractivity contribution in [1.82, 2.24) is 10.2 Å². The van der Waals surface area contributed by atoms with Crippen LogP contribution in [0.15, 0.2) is 0 Å². The average molecular weight is 286 g/mol. The first-order valence-corrected chi connectivity index (χ1v) is 6.69. The summed E-state index contributed by atoms with van der Waals surface area (Å²) in [5, 5.41) is 3.15. The van der Waals surface area contributed by atoms with E-state index < -0.39 is 23.3 Å². The van der Waals surface area contributed by atoms with Crippen molar-refractivity contribution in [2.75, 3.05) is 33.3 Å². The molecule has 0 aromatic rings. The topological polar surface area (TPSA) is 77.1 Å². The first-order valence-electron chi connectivity index (χ1n) is 6.69. The van der Waals surface area contributed by atoms with Crippen LogP contribution >= 0.6 is 0 Å². The molecule has 7 nitrogen and oxygen atoms in total. The number of hydrogen-bond acceptors (Lipinski definition) is 6. The fourth-order valence-corrected chi connectivity index (χ4v) is 2.37. The second-order valence-electron chi connectivity index (χ2n) is 6.28. The molecule has 1 atom stereocenters. The van der Waals surface area contributed by atoms with E-state index in [0.29, 0.717) is 26.2 Å². The molecule has 0 saturated carbocycles. The minimum atomic E-state index is -0.616. The first-order chi connectivity index (χ1) is 9.25. The molecule has 2 heterocycles. The molecule has 2 rings (SSSR count). The van der Waals surface area contributed by atoms with Gasteiger partial charge in [-0.25, -0.2) is 9.59 Å². The molecule has 20 heavy (non-hydrogen) atoms. The molecule has 0 radical (unpaired) electrons. The Morgan fingerprint density at radius 2 is 2.00 bits per heavy atom. The minimum absolute atomic E-state index is 0.355. The summed E-state index contributed by atoms with van der Waals surface area (Å²) in [6, 6.07) is 0. The van der Waals surface area contributed by atoms with Crippen molar-refractivity contribution in [3.63, 3.8) is 0 Å². The summed E-state index contributed by atoms with van der Waals surface area (Å²) in [6.07, 6.45) is -0.971. The van der Waals surface area contributed by atoms with E-state index in [4.69, 9.17) is 9.47 Å². The van der Waals surface area contributed by atoms with Crippen molar-refractivity contribution in [3.8, 4) is 0 Å². The Kier molecular flexibility index (Phi) is 3.93. The standard InChI is InChI=1S/C13H22N2O5/c1-12(2,3)20-11(17)15-7-13(8-15)6-14-5-9(19-13)10(16)18-4/h9,14H,5-8H2,1-4H3. The number of morpholine rings is 1. The van der Waals surface area contributed by atoms with E-state index in [2.05, 4.69) is 10.1 Å². The Balaban J connectivity index is 1.88. The molecule has 1 N–H and O–H groups in total. The van der Waals surface area contributed by atoms with Gasteiger partial charge in [0.1, 0.15) is 11.2 Å². The van der Waals surface area contributed by atoms with Crippen molar-refractivity contribution >= 4 is 12.1 Å². The van der Waals surface area contributed by atoms with Crippen molar-refractivity contribution in [3.05, 3.63) is 0 Å². The fourth-order valence-electron chi connectivity index (χ4n) is 2.37. The summed E-state index contributed by atoms with van der Waals surface area (Å²) in [5.41, 5.74) is -1.02. The normalized spacial score (nSPS) is 25.0. The number of ether oxygens (including phenoxy) is 3. The van der Waals surface area contributed by atoms with Crippen LogP contribution < -0.4 is 5.32 Å². The van der Waals surface area contributed by atoms with Crippen molar-refractivity contribution in [2.45, 2.75) is 38.1 Å². The zero-order valence-corrected chi connectivity index (χ0v) is 12.4. The maximum absolute atomic E-state index is 11.9. The molecule has 0 bridgehead atoms. The van der Waals surface area contributed by atoms with Gasteiger partial charge in [0.05, 0.1) is 20.2 Å². The summed E-state index contributed by atoms with van der Waals surface area (Å²) in [4.78, 5) is 25.0. The van der Waals surface area contributed by atoms with E-state index in [1.54, 1.807) is 4.90 Å². The Morgan fingerprint density at radius 1 is 1.35 bits per heavy atom. The number of nitrogens with zero attached hydrogens (tertiary/aromatic N) is 1. The number of nitrogens with one attached hydrogen (secondary N) is 1. The summed E-state index contributed by atoms with van der Waals surface area (Å²) in [6.45, 7) is 7.36. The number of methoxy groups -OCH3 is 1. The smallest absolute Gasteiger partial charge is 0.410 e. The molecular formula is C13H22N2O5. The second-order valence-corrected chi connectivity index (χ2v) is 6.28. The van der Waals surface area contributed by atoms with Crippen LogP contribution in [0.25, 0.3) is 0 Å². The largest absolute Gasteiger partial charge is 0.467 e. The molecule has 1 unspecified atom stereocenters. The van der Waals surface area contributed by atoms with E-state index >= 15 is 0 Å². The number of esters is 1. The number of amides is 1. The molecule has 0 aliphatic carbocycles. The number of carbonyl (C=O) groups is 2. The van der Waals surface area contributed by atoms with E-state index in [1.165, 1.54) is 7.11 Å². The molecule has 2 aliphatic rings. The van der Waals surface area contributed by atoms with Crippen molar-refractivity contribution in [2.24, 2.45) is 0 Å². The monoisotopic (exact) mass is 286 g/mol. The molecule has 2 fully saturated rings. The lowest BCUT2D eigenvalue weighted by molar-refractivity contribution is -0.200. The summed E-state index contributed by atoms with van der Waals surface area (Å²) < 4.78 is 15.8. The van der Waals surface area contributed by atoms with Crippen LogP contribution in [0.1, 0.15) is 20.8 Å². The Morgan fingerprint density at radius 3 is 2.55 bits per heavy atom. The molecule has 114 valence electrons. The van der Waals surface area contributed by atoms with Gasteiger partial charge in [-0.15, -0.1) is 0 Å². The lowest BCUT2D eigenvalue weighted by Crippen LogP contribution is -2.73. The highest BCUT2D eigenvalue weighted by Crippen LogP contribution is 2.30. The maximum Gasteiger partial charge on any atom is 0.410 e. The van der Waals surface area contributed by atoms with Gasteiger partial charge < -0.3 is 24.4 Å². The molecule has 2 saturated heterocycles. The third kappa shape index (κ3) is 3.21. The van der Waals surface area contributed by atoms with Crippen LogP contribution in [-0.4, -0.2) is 67.6 Å². The Bertz CT molecular complexity index is 398. The van der Waals surface area contributed by atoms with Gasteiger partial charge in [0, 0.05) is 13.1 Å². The van der Waals surface area contributed by atoms with Crippen LogP contribution in [0.2, 0.25) is 0 Å². The fraction of sp³-hybridized carbons (Fsp3) is 0.846. The molecule has 2 aliphatic heterocycles. The molecule has 7 heteroatoms. The molecule has 1 amide bonds. The molecule has 0 aromatic carbocycles. The molecule has 1 spiro atoms. The zero-order chi connectivity index (χ0) is 15.0. The highest BCUT2D eigenvalue weighted by atomic mass is 16.6. The van der Waals surface area contributed by atoms with Crippen molar-refractivity contribution in [1.29, 1.82) is 0 Å². The Hall–Kier alpha value is -1.34. The summed E-state index contributed by atoms with van der Waals surface area (Å²) >= 11 is 0. The van der Waals surface area contributed by atoms with Gasteiger partial charge in [-0.2, -0.15) is 0 Å². The predicted octanol–water partition coefficient (Wildman–Crippen LogP) is 0.137. The van der Waals surface area contributed by atoms with Crippen LogP contribution in [0, 0.1) is 0 Å². The Labute approximate surface area is 118 Å². The van der Waals surface area contributed by atoms with Crippen LogP contribution in [0.4, 0.5) is 4.79 Å². The third-order valence-corrected chi connectivity index (χ3v) is 3.24.